The number of nitrogens with one attached hydrogen (secondary N) is 1. The molecule has 1 aliphatic rings. The molecule has 2 atom stereocenters. The predicted octanol–water partition coefficient (Wildman–Crippen LogP) is 3.29. The number of carbonyl (C=O) groups excluding carboxylic acids is 1. The van der Waals surface area contributed by atoms with E-state index in [9.17, 15) is 4.79 Å². The zero-order valence-electron chi connectivity index (χ0n) is 18.8. The van der Waals surface area contributed by atoms with Crippen molar-refractivity contribution in [2.75, 3.05) is 23.3 Å². The molecule has 33 heavy (non-hydrogen) atoms. The lowest BCUT2D eigenvalue weighted by atomic mass is 10.0. The minimum atomic E-state index is -0.259. The Balaban J connectivity index is 1.64. The van der Waals surface area contributed by atoms with Crippen LogP contribution in [0, 0.1) is 0 Å². The van der Waals surface area contributed by atoms with Gasteiger partial charge in [0.15, 0.2) is 5.82 Å². The minimum absolute atomic E-state index is 0.0437. The molecule has 4 heterocycles. The number of nitrogens with zero attached hydrogens (tertiary/aromatic N) is 6. The molecule has 168 valence electrons. The van der Waals surface area contributed by atoms with E-state index < -0.39 is 0 Å². The van der Waals surface area contributed by atoms with Gasteiger partial charge in [0.05, 0.1) is 29.6 Å². The highest BCUT2D eigenvalue weighted by Gasteiger charge is 2.27. The molecule has 1 amide bonds. The van der Waals surface area contributed by atoms with Crippen molar-refractivity contribution in [2.45, 2.75) is 26.1 Å². The monoisotopic (exact) mass is 443 g/mol. The van der Waals surface area contributed by atoms with Crippen LogP contribution < -0.4 is 10.2 Å². The standard InChI is InChI=1S/C24H25N7O2/c1-15-12-31(13-16(2)33-15)22-20-10-18(19-11-26-30(3)14-19)4-5-21(20)28-29-23(22)27-24(32)17-6-8-25-9-7-17/h4-11,14-16H,12-13H2,1-3H3,(H,27,29,32)/t15-,16+. The number of hydrogen-bond donors (Lipinski definition) is 1. The summed E-state index contributed by atoms with van der Waals surface area (Å²) in [5.41, 5.74) is 4.13. The van der Waals surface area contributed by atoms with Crippen molar-refractivity contribution in [3.63, 3.8) is 0 Å². The van der Waals surface area contributed by atoms with E-state index in [1.165, 1.54) is 0 Å². The van der Waals surface area contributed by atoms with E-state index in [2.05, 4.69) is 50.4 Å². The van der Waals surface area contributed by atoms with Crippen molar-refractivity contribution < 1.29 is 9.53 Å². The Morgan fingerprint density at radius 1 is 1.06 bits per heavy atom. The molecular weight excluding hydrogens is 418 g/mol. The second kappa shape index (κ2) is 8.59. The number of morpholine rings is 1. The summed E-state index contributed by atoms with van der Waals surface area (Å²) in [7, 11) is 1.89. The van der Waals surface area contributed by atoms with Crippen molar-refractivity contribution in [1.82, 2.24) is 25.0 Å². The van der Waals surface area contributed by atoms with Gasteiger partial charge >= 0.3 is 0 Å². The number of amides is 1. The van der Waals surface area contributed by atoms with Crippen molar-refractivity contribution in [3.05, 3.63) is 60.7 Å². The topological polar surface area (TPSA) is 98.1 Å². The molecule has 3 aromatic heterocycles. The zero-order chi connectivity index (χ0) is 22.9. The van der Waals surface area contributed by atoms with Crippen LogP contribution in [0.4, 0.5) is 11.5 Å². The van der Waals surface area contributed by atoms with Gasteiger partial charge in [-0.3, -0.25) is 14.5 Å². The van der Waals surface area contributed by atoms with E-state index in [0.29, 0.717) is 24.5 Å². The molecule has 0 bridgehead atoms. The van der Waals surface area contributed by atoms with E-state index in [1.807, 2.05) is 31.6 Å². The lowest BCUT2D eigenvalue weighted by Gasteiger charge is -2.37. The molecule has 0 aliphatic carbocycles. The van der Waals surface area contributed by atoms with Crippen molar-refractivity contribution >= 4 is 28.3 Å². The summed E-state index contributed by atoms with van der Waals surface area (Å²) in [5.74, 6) is 0.166. The first-order valence-electron chi connectivity index (χ1n) is 10.9. The second-order valence-corrected chi connectivity index (χ2v) is 8.38. The highest BCUT2D eigenvalue weighted by atomic mass is 16.5. The number of carbonyl (C=O) groups is 1. The number of aromatic nitrogens is 5. The van der Waals surface area contributed by atoms with Crippen LogP contribution in [-0.2, 0) is 11.8 Å². The van der Waals surface area contributed by atoms with Gasteiger partial charge in [0.1, 0.15) is 0 Å². The van der Waals surface area contributed by atoms with Gasteiger partial charge < -0.3 is 15.0 Å². The number of benzene rings is 1. The average molecular weight is 444 g/mol. The third-order valence-corrected chi connectivity index (χ3v) is 5.68. The van der Waals surface area contributed by atoms with Gasteiger partial charge in [-0.25, -0.2) is 0 Å². The molecule has 1 fully saturated rings. The fourth-order valence-corrected chi connectivity index (χ4v) is 4.29. The maximum Gasteiger partial charge on any atom is 0.257 e. The van der Waals surface area contributed by atoms with Crippen LogP contribution in [0.15, 0.2) is 55.1 Å². The van der Waals surface area contributed by atoms with E-state index in [-0.39, 0.29) is 18.1 Å². The minimum Gasteiger partial charge on any atom is -0.372 e. The van der Waals surface area contributed by atoms with Crippen molar-refractivity contribution in [3.8, 4) is 11.1 Å². The Labute approximate surface area is 191 Å². The first kappa shape index (κ1) is 21.0. The molecule has 5 rings (SSSR count). The molecule has 4 aromatic rings. The molecule has 0 spiro atoms. The molecule has 1 aromatic carbocycles. The van der Waals surface area contributed by atoms with Crippen LogP contribution in [0.2, 0.25) is 0 Å². The zero-order valence-corrected chi connectivity index (χ0v) is 18.8. The first-order valence-corrected chi connectivity index (χ1v) is 10.9. The molecule has 0 unspecified atom stereocenters. The van der Waals surface area contributed by atoms with Gasteiger partial charge in [0, 0.05) is 55.2 Å². The van der Waals surface area contributed by atoms with Crippen LogP contribution >= 0.6 is 0 Å². The van der Waals surface area contributed by atoms with E-state index in [0.717, 1.165) is 27.7 Å². The normalized spacial score (nSPS) is 18.5. The van der Waals surface area contributed by atoms with E-state index in [1.54, 1.807) is 29.2 Å². The molecule has 9 nitrogen and oxygen atoms in total. The van der Waals surface area contributed by atoms with E-state index in [4.69, 9.17) is 4.74 Å². The molecule has 1 N–H and O–H groups in total. The highest BCUT2D eigenvalue weighted by Crippen LogP contribution is 2.36. The maximum atomic E-state index is 12.9. The smallest absolute Gasteiger partial charge is 0.257 e. The number of hydrogen-bond acceptors (Lipinski definition) is 7. The Kier molecular flexibility index (Phi) is 5.47. The number of fused-ring (bicyclic) bond motifs is 1. The number of rotatable bonds is 4. The summed E-state index contributed by atoms with van der Waals surface area (Å²) in [6.07, 6.45) is 7.08. The van der Waals surface area contributed by atoms with E-state index >= 15 is 0 Å². The summed E-state index contributed by atoms with van der Waals surface area (Å²) in [4.78, 5) is 19.2. The Morgan fingerprint density at radius 3 is 2.52 bits per heavy atom. The SMILES string of the molecule is C[C@@H]1CN(c2c(NC(=O)c3ccncc3)nnc3ccc(-c4cnn(C)c4)cc23)C[C@H](C)O1. The average Bonchev–Trinajstić information content (AvgIpc) is 3.24. The summed E-state index contributed by atoms with van der Waals surface area (Å²) < 4.78 is 7.73. The molecule has 0 radical (unpaired) electrons. The number of ether oxygens (including phenoxy) is 1. The van der Waals surface area contributed by atoms with Gasteiger partial charge in [-0.1, -0.05) is 6.07 Å². The summed E-state index contributed by atoms with van der Waals surface area (Å²) in [6.45, 7) is 5.46. The lowest BCUT2D eigenvalue weighted by molar-refractivity contribution is -0.00510. The first-order chi connectivity index (χ1) is 16.0. The lowest BCUT2D eigenvalue weighted by Crippen LogP contribution is -2.46. The fourth-order valence-electron chi connectivity index (χ4n) is 4.29. The second-order valence-electron chi connectivity index (χ2n) is 8.38. The quantitative estimate of drug-likeness (QED) is 0.517. The summed E-state index contributed by atoms with van der Waals surface area (Å²) in [5, 5.41) is 17.0. The van der Waals surface area contributed by atoms with Crippen LogP contribution in [0.5, 0.6) is 0 Å². The van der Waals surface area contributed by atoms with Crippen molar-refractivity contribution in [1.29, 1.82) is 0 Å². The molecule has 9 heteroatoms. The van der Waals surface area contributed by atoms with Crippen LogP contribution in [-0.4, -0.2) is 56.2 Å². The molecule has 0 saturated carbocycles. The highest BCUT2D eigenvalue weighted by molar-refractivity contribution is 6.08. The Bertz CT molecular complexity index is 1290. The van der Waals surface area contributed by atoms with Gasteiger partial charge in [-0.2, -0.15) is 5.10 Å². The van der Waals surface area contributed by atoms with Crippen LogP contribution in [0.25, 0.3) is 22.0 Å². The Morgan fingerprint density at radius 2 is 1.82 bits per heavy atom. The summed E-state index contributed by atoms with van der Waals surface area (Å²) in [6, 6.07) is 9.39. The maximum absolute atomic E-state index is 12.9. The van der Waals surface area contributed by atoms with Gasteiger partial charge in [0.25, 0.3) is 5.91 Å². The van der Waals surface area contributed by atoms with Gasteiger partial charge in [0.2, 0.25) is 0 Å². The third-order valence-electron chi connectivity index (χ3n) is 5.68. The predicted molar refractivity (Wildman–Crippen MR) is 126 cm³/mol. The number of aryl methyl sites for hydroxylation is 1. The third kappa shape index (κ3) is 4.27. The van der Waals surface area contributed by atoms with Gasteiger partial charge in [-0.15, -0.1) is 10.2 Å². The van der Waals surface area contributed by atoms with Crippen LogP contribution in [0.3, 0.4) is 0 Å². The number of pyridine rings is 1. The molecule has 1 aliphatic heterocycles. The van der Waals surface area contributed by atoms with Gasteiger partial charge in [-0.05, 0) is 43.7 Å². The number of anilines is 2. The fraction of sp³-hybridized carbons (Fsp3) is 0.292. The largest absolute Gasteiger partial charge is 0.372 e. The Hall–Kier alpha value is -3.85. The van der Waals surface area contributed by atoms with Crippen molar-refractivity contribution in [2.24, 2.45) is 7.05 Å². The molecule has 1 saturated heterocycles. The molecular formula is C24H25N7O2. The van der Waals surface area contributed by atoms with Crippen LogP contribution in [0.1, 0.15) is 24.2 Å². The summed E-state index contributed by atoms with van der Waals surface area (Å²) >= 11 is 0.